The molecule has 0 atom stereocenters. The van der Waals surface area contributed by atoms with Gasteiger partial charge in [0.1, 0.15) is 18.1 Å². The van der Waals surface area contributed by atoms with Gasteiger partial charge in [0.05, 0.1) is 18.4 Å². The van der Waals surface area contributed by atoms with Gasteiger partial charge < -0.3 is 9.47 Å². The summed E-state index contributed by atoms with van der Waals surface area (Å²) in [7, 11) is 1.23. The summed E-state index contributed by atoms with van der Waals surface area (Å²) in [5, 5.41) is 0. The summed E-state index contributed by atoms with van der Waals surface area (Å²) in [5.41, 5.74) is 1.04. The average molecular weight is 489 g/mol. The molecular formula is C26H20F5NO3. The SMILES string of the molecule is COC(=O)c1cccc(C2=C(c3cc(C(F)(F)F)ccc3OCc3cccc(F)c3F)CCC2)n1. The lowest BCUT2D eigenvalue weighted by Gasteiger charge is -2.17. The van der Waals surface area contributed by atoms with Gasteiger partial charge in [0, 0.05) is 11.1 Å². The average Bonchev–Trinajstić information content (AvgIpc) is 3.33. The summed E-state index contributed by atoms with van der Waals surface area (Å²) in [6, 6.07) is 11.4. The Balaban J connectivity index is 1.79. The number of hydrogen-bond acceptors (Lipinski definition) is 4. The second-order valence-corrected chi connectivity index (χ2v) is 7.92. The standard InChI is InChI=1S/C26H20F5NO3/c1-34-25(33)22-10-4-9-21(32-22)18-7-3-6-17(18)19-13-16(26(29,30)31)11-12-23(19)35-14-15-5-2-8-20(27)24(15)28/h2,4-5,8-13H,3,6-7,14H2,1H3. The Morgan fingerprint density at radius 2 is 1.74 bits per heavy atom. The molecule has 0 fully saturated rings. The van der Waals surface area contributed by atoms with Crippen LogP contribution in [0, 0.1) is 11.6 Å². The molecular weight excluding hydrogens is 469 g/mol. The van der Waals surface area contributed by atoms with E-state index in [1.54, 1.807) is 12.1 Å². The molecule has 182 valence electrons. The maximum Gasteiger partial charge on any atom is 0.416 e. The molecule has 2 aromatic carbocycles. The van der Waals surface area contributed by atoms with E-state index in [-0.39, 0.29) is 29.2 Å². The zero-order chi connectivity index (χ0) is 25.2. The minimum Gasteiger partial charge on any atom is -0.488 e. The number of alkyl halides is 3. The van der Waals surface area contributed by atoms with Gasteiger partial charge in [-0.05, 0) is 66.8 Å². The summed E-state index contributed by atoms with van der Waals surface area (Å²) in [4.78, 5) is 16.2. The van der Waals surface area contributed by atoms with Crippen molar-refractivity contribution in [3.05, 3.63) is 94.3 Å². The van der Waals surface area contributed by atoms with Gasteiger partial charge in [-0.1, -0.05) is 18.2 Å². The van der Waals surface area contributed by atoms with E-state index < -0.39 is 29.3 Å². The smallest absolute Gasteiger partial charge is 0.416 e. The first-order valence-electron chi connectivity index (χ1n) is 10.7. The molecule has 3 aromatic rings. The number of hydrogen-bond donors (Lipinski definition) is 0. The number of carbonyl (C=O) groups is 1. The van der Waals surface area contributed by atoms with Crippen LogP contribution in [0.25, 0.3) is 11.1 Å². The van der Waals surface area contributed by atoms with Crippen LogP contribution >= 0.6 is 0 Å². The van der Waals surface area contributed by atoms with Crippen LogP contribution in [0.15, 0.2) is 54.6 Å². The Kier molecular flexibility index (Phi) is 6.86. The summed E-state index contributed by atoms with van der Waals surface area (Å²) in [5.74, 6) is -2.66. The molecule has 4 rings (SSSR count). The number of esters is 1. The zero-order valence-corrected chi connectivity index (χ0v) is 18.6. The number of halogens is 5. The molecule has 0 unspecified atom stereocenters. The molecule has 35 heavy (non-hydrogen) atoms. The number of methoxy groups -OCH3 is 1. The number of carbonyl (C=O) groups excluding carboxylic acids is 1. The van der Waals surface area contributed by atoms with E-state index in [0.717, 1.165) is 18.2 Å². The van der Waals surface area contributed by atoms with Crippen LogP contribution in [-0.4, -0.2) is 18.1 Å². The highest BCUT2D eigenvalue weighted by Gasteiger charge is 2.32. The van der Waals surface area contributed by atoms with Crippen LogP contribution in [0.4, 0.5) is 22.0 Å². The Morgan fingerprint density at radius 3 is 2.49 bits per heavy atom. The summed E-state index contributed by atoms with van der Waals surface area (Å²) >= 11 is 0. The molecule has 0 saturated heterocycles. The van der Waals surface area contributed by atoms with Crippen molar-refractivity contribution in [2.45, 2.75) is 32.0 Å². The molecule has 1 aromatic heterocycles. The molecule has 0 spiro atoms. The molecule has 0 N–H and O–H groups in total. The minimum atomic E-state index is -4.59. The molecule has 0 radical (unpaired) electrons. The van der Waals surface area contributed by atoms with Crippen LogP contribution in [0.3, 0.4) is 0 Å². The zero-order valence-electron chi connectivity index (χ0n) is 18.6. The third-order valence-electron chi connectivity index (χ3n) is 5.72. The van der Waals surface area contributed by atoms with E-state index in [1.165, 1.54) is 31.4 Å². The van der Waals surface area contributed by atoms with Crippen LogP contribution in [0.1, 0.15) is 52.1 Å². The fraction of sp³-hybridized carbons (Fsp3) is 0.231. The van der Waals surface area contributed by atoms with E-state index >= 15 is 0 Å². The molecule has 1 aliphatic rings. The molecule has 1 aliphatic carbocycles. The predicted octanol–water partition coefficient (Wildman–Crippen LogP) is 6.84. The molecule has 0 amide bonds. The first-order chi connectivity index (χ1) is 16.7. The third-order valence-corrected chi connectivity index (χ3v) is 5.72. The number of nitrogens with zero attached hydrogens (tertiary/aromatic N) is 1. The lowest BCUT2D eigenvalue weighted by Crippen LogP contribution is -2.08. The highest BCUT2D eigenvalue weighted by atomic mass is 19.4. The minimum absolute atomic E-state index is 0.0658. The number of rotatable bonds is 6. The van der Waals surface area contributed by atoms with Crippen molar-refractivity contribution < 1.29 is 36.2 Å². The summed E-state index contributed by atoms with van der Waals surface area (Å²) in [6.45, 7) is -0.374. The highest BCUT2D eigenvalue weighted by molar-refractivity contribution is 5.94. The summed E-state index contributed by atoms with van der Waals surface area (Å²) in [6.07, 6.45) is -2.96. The highest BCUT2D eigenvalue weighted by Crippen LogP contribution is 2.44. The van der Waals surface area contributed by atoms with Gasteiger partial charge >= 0.3 is 12.1 Å². The van der Waals surface area contributed by atoms with Gasteiger partial charge in [-0.15, -0.1) is 0 Å². The predicted molar refractivity (Wildman–Crippen MR) is 118 cm³/mol. The molecule has 9 heteroatoms. The van der Waals surface area contributed by atoms with Crippen molar-refractivity contribution in [3.63, 3.8) is 0 Å². The van der Waals surface area contributed by atoms with Crippen molar-refractivity contribution in [2.24, 2.45) is 0 Å². The van der Waals surface area contributed by atoms with E-state index in [2.05, 4.69) is 4.98 Å². The molecule has 1 heterocycles. The van der Waals surface area contributed by atoms with Crippen LogP contribution in [-0.2, 0) is 17.5 Å². The number of benzene rings is 2. The number of aromatic nitrogens is 1. The van der Waals surface area contributed by atoms with E-state index in [1.807, 2.05) is 0 Å². The van der Waals surface area contributed by atoms with Gasteiger partial charge in [0.15, 0.2) is 11.6 Å². The van der Waals surface area contributed by atoms with Gasteiger partial charge in [0.25, 0.3) is 0 Å². The number of pyridine rings is 1. The van der Waals surface area contributed by atoms with Crippen molar-refractivity contribution in [2.75, 3.05) is 7.11 Å². The number of ether oxygens (including phenoxy) is 2. The van der Waals surface area contributed by atoms with Gasteiger partial charge in [-0.2, -0.15) is 13.2 Å². The van der Waals surface area contributed by atoms with E-state index in [4.69, 9.17) is 9.47 Å². The van der Waals surface area contributed by atoms with Crippen molar-refractivity contribution in [3.8, 4) is 5.75 Å². The van der Waals surface area contributed by atoms with Gasteiger partial charge in [0.2, 0.25) is 0 Å². The first kappa shape index (κ1) is 24.4. The van der Waals surface area contributed by atoms with Crippen LogP contribution in [0.5, 0.6) is 5.75 Å². The van der Waals surface area contributed by atoms with Crippen molar-refractivity contribution in [1.29, 1.82) is 0 Å². The lowest BCUT2D eigenvalue weighted by molar-refractivity contribution is -0.137. The maximum absolute atomic E-state index is 14.1. The summed E-state index contributed by atoms with van der Waals surface area (Å²) < 4.78 is 78.6. The van der Waals surface area contributed by atoms with E-state index in [0.29, 0.717) is 36.1 Å². The molecule has 0 aliphatic heterocycles. The van der Waals surface area contributed by atoms with Crippen molar-refractivity contribution in [1.82, 2.24) is 4.98 Å². The second-order valence-electron chi connectivity index (χ2n) is 7.92. The molecule has 0 saturated carbocycles. The first-order valence-corrected chi connectivity index (χ1v) is 10.7. The van der Waals surface area contributed by atoms with Crippen molar-refractivity contribution >= 4 is 17.1 Å². The Hall–Kier alpha value is -3.75. The van der Waals surface area contributed by atoms with Crippen LogP contribution in [0.2, 0.25) is 0 Å². The topological polar surface area (TPSA) is 48.4 Å². The lowest BCUT2D eigenvalue weighted by atomic mass is 9.97. The Labute approximate surface area is 198 Å². The third kappa shape index (κ3) is 5.18. The normalized spacial score (nSPS) is 13.8. The molecule has 0 bridgehead atoms. The Bertz CT molecular complexity index is 1300. The largest absolute Gasteiger partial charge is 0.488 e. The second kappa shape index (κ2) is 9.85. The fourth-order valence-electron chi connectivity index (χ4n) is 4.03. The quantitative estimate of drug-likeness (QED) is 0.281. The maximum atomic E-state index is 14.1. The van der Waals surface area contributed by atoms with Gasteiger partial charge in [-0.25, -0.2) is 18.6 Å². The monoisotopic (exact) mass is 489 g/mol. The van der Waals surface area contributed by atoms with Gasteiger partial charge in [-0.3, -0.25) is 0 Å². The van der Waals surface area contributed by atoms with E-state index in [9.17, 15) is 26.7 Å². The molecule has 4 nitrogen and oxygen atoms in total. The Morgan fingerprint density at radius 1 is 1.00 bits per heavy atom. The fourth-order valence-corrected chi connectivity index (χ4v) is 4.03. The van der Waals surface area contributed by atoms with Crippen LogP contribution < -0.4 is 4.74 Å². The number of allylic oxidation sites excluding steroid dienone is 2.